The van der Waals surface area contributed by atoms with Crippen LogP contribution < -0.4 is 44.7 Å². The van der Waals surface area contributed by atoms with Crippen molar-refractivity contribution in [3.8, 4) is 11.4 Å². The quantitative estimate of drug-likeness (QED) is 0.408. The Balaban J connectivity index is 0.00000289. The predicted molar refractivity (Wildman–Crippen MR) is 132 cm³/mol. The minimum absolute atomic E-state index is 0. The normalized spacial score (nSPS) is 14.3. The summed E-state index contributed by atoms with van der Waals surface area (Å²) in [7, 11) is 0. The van der Waals surface area contributed by atoms with E-state index in [2.05, 4.69) is 67.1 Å². The summed E-state index contributed by atoms with van der Waals surface area (Å²) in [5.41, 5.74) is 8.82. The van der Waals surface area contributed by atoms with E-state index in [1.54, 1.807) is 0 Å². The van der Waals surface area contributed by atoms with Gasteiger partial charge >= 0.3 is 29.6 Å². The fourth-order valence-corrected chi connectivity index (χ4v) is 4.90. The Bertz CT molecular complexity index is 1400. The van der Waals surface area contributed by atoms with Crippen molar-refractivity contribution < 1.29 is 44.2 Å². The molecule has 5 rings (SSSR count). The van der Waals surface area contributed by atoms with E-state index >= 15 is 0 Å². The number of aliphatic carboxylic acids is 1. The Morgan fingerprint density at radius 3 is 2.74 bits per heavy atom. The van der Waals surface area contributed by atoms with Gasteiger partial charge in [-0.25, -0.2) is 4.98 Å². The number of carbonyl (C=O) groups is 1. The first kappa shape index (κ1) is 25.3. The van der Waals surface area contributed by atoms with Crippen LogP contribution in [0.3, 0.4) is 0 Å². The maximum atomic E-state index is 11.0. The number of carboxylic acids is 1. The van der Waals surface area contributed by atoms with Crippen LogP contribution in [0.25, 0.3) is 16.7 Å². The Kier molecular flexibility index (Phi) is 7.55. The minimum Gasteiger partial charge on any atom is -0.550 e. The van der Waals surface area contributed by atoms with Crippen LogP contribution in [0.15, 0.2) is 54.6 Å². The van der Waals surface area contributed by atoms with Crippen LogP contribution in [0.4, 0.5) is 5.69 Å². The second kappa shape index (κ2) is 10.4. The molecule has 1 N–H and O–H groups in total. The number of nitrogens with one attached hydrogen (secondary N) is 1. The number of benzene rings is 3. The number of imidazole rings is 1. The van der Waals surface area contributed by atoms with Gasteiger partial charge in [0.2, 0.25) is 0 Å². The largest absolute Gasteiger partial charge is 1.00 e. The van der Waals surface area contributed by atoms with E-state index in [1.165, 1.54) is 16.7 Å². The molecule has 0 aliphatic carbocycles. The van der Waals surface area contributed by atoms with Gasteiger partial charge in [-0.2, -0.15) is 0 Å². The van der Waals surface area contributed by atoms with Gasteiger partial charge in [0, 0.05) is 42.2 Å². The van der Waals surface area contributed by atoms with Crippen molar-refractivity contribution >= 4 is 22.7 Å². The number of carboxylic acid groups (broad SMARTS) is 1. The van der Waals surface area contributed by atoms with Crippen molar-refractivity contribution in [2.75, 3.05) is 11.9 Å². The molecule has 35 heavy (non-hydrogen) atoms. The number of aryl methyl sites for hydroxylation is 2. The Hall–Kier alpha value is -2.80. The molecular formula is C28H28N3NaO3. The molecule has 0 bridgehead atoms. The average molecular weight is 478 g/mol. The molecule has 1 aromatic heterocycles. The van der Waals surface area contributed by atoms with Gasteiger partial charge in [0.05, 0.1) is 23.3 Å². The third-order valence-corrected chi connectivity index (χ3v) is 6.71. The number of para-hydroxylation sites is 1. The fourth-order valence-electron chi connectivity index (χ4n) is 4.90. The molecule has 0 radical (unpaired) electrons. The van der Waals surface area contributed by atoms with E-state index < -0.39 is 5.97 Å². The minimum atomic E-state index is -1.05. The van der Waals surface area contributed by atoms with Gasteiger partial charge < -0.3 is 20.0 Å². The SMILES string of the molecule is CCc1nc2cccc(C)c2n1-c1cccc(CNc2ccc3c(c2)OCC3CC(=O)[O-])c1C.[Na+]. The van der Waals surface area contributed by atoms with Crippen LogP contribution in [-0.2, 0) is 17.8 Å². The maximum absolute atomic E-state index is 11.0. The summed E-state index contributed by atoms with van der Waals surface area (Å²) >= 11 is 0. The van der Waals surface area contributed by atoms with E-state index in [-0.39, 0.29) is 41.9 Å². The number of hydrogen-bond acceptors (Lipinski definition) is 5. The Labute approximate surface area is 227 Å². The first-order chi connectivity index (χ1) is 16.5. The number of hydrogen-bond donors (Lipinski definition) is 1. The van der Waals surface area contributed by atoms with E-state index in [4.69, 9.17) is 9.72 Å². The number of fused-ring (bicyclic) bond motifs is 2. The molecule has 0 amide bonds. The molecule has 3 aromatic carbocycles. The number of rotatable bonds is 7. The summed E-state index contributed by atoms with van der Waals surface area (Å²) in [6, 6.07) is 18.6. The molecule has 2 heterocycles. The fraction of sp³-hybridized carbons (Fsp3) is 0.286. The van der Waals surface area contributed by atoms with Crippen LogP contribution in [0.1, 0.15) is 47.3 Å². The van der Waals surface area contributed by atoms with Gasteiger partial charge in [-0.3, -0.25) is 4.57 Å². The number of carbonyl (C=O) groups excluding carboxylic acids is 1. The zero-order valence-corrected chi connectivity index (χ0v) is 22.7. The molecule has 174 valence electrons. The van der Waals surface area contributed by atoms with Crippen molar-refractivity contribution in [3.05, 3.63) is 82.7 Å². The molecule has 1 unspecified atom stereocenters. The van der Waals surface area contributed by atoms with Crippen molar-refractivity contribution in [1.82, 2.24) is 9.55 Å². The summed E-state index contributed by atoms with van der Waals surface area (Å²) in [5, 5.41) is 14.5. The van der Waals surface area contributed by atoms with Gasteiger partial charge in [-0.15, -0.1) is 0 Å². The maximum Gasteiger partial charge on any atom is 1.00 e. The molecule has 4 aromatic rings. The molecule has 6 nitrogen and oxygen atoms in total. The Morgan fingerprint density at radius 1 is 1.17 bits per heavy atom. The summed E-state index contributed by atoms with van der Waals surface area (Å²) in [5.74, 6) is 0.606. The van der Waals surface area contributed by atoms with E-state index in [0.29, 0.717) is 13.2 Å². The van der Waals surface area contributed by atoms with Crippen LogP contribution >= 0.6 is 0 Å². The van der Waals surface area contributed by atoms with Gasteiger partial charge in [-0.1, -0.05) is 37.3 Å². The monoisotopic (exact) mass is 477 g/mol. The van der Waals surface area contributed by atoms with Crippen molar-refractivity contribution in [1.29, 1.82) is 0 Å². The van der Waals surface area contributed by atoms with Gasteiger partial charge in [0.25, 0.3) is 0 Å². The molecule has 0 fully saturated rings. The molecule has 0 spiro atoms. The average Bonchev–Trinajstić information content (AvgIpc) is 3.39. The molecule has 0 saturated carbocycles. The molecule has 1 aliphatic rings. The summed E-state index contributed by atoms with van der Waals surface area (Å²) in [6.07, 6.45) is 0.831. The van der Waals surface area contributed by atoms with Crippen molar-refractivity contribution in [2.24, 2.45) is 0 Å². The third kappa shape index (κ3) is 4.83. The number of anilines is 1. The first-order valence-corrected chi connectivity index (χ1v) is 11.7. The molecule has 7 heteroatoms. The molecule has 1 atom stereocenters. The predicted octanol–water partition coefficient (Wildman–Crippen LogP) is 1.44. The second-order valence-electron chi connectivity index (χ2n) is 8.91. The first-order valence-electron chi connectivity index (χ1n) is 11.7. The van der Waals surface area contributed by atoms with Crippen molar-refractivity contribution in [3.63, 3.8) is 0 Å². The van der Waals surface area contributed by atoms with Crippen LogP contribution in [0.2, 0.25) is 0 Å². The van der Waals surface area contributed by atoms with Gasteiger partial charge in [0.15, 0.2) is 0 Å². The van der Waals surface area contributed by atoms with E-state index in [1.807, 2.05) is 18.2 Å². The number of nitrogens with zero attached hydrogens (tertiary/aromatic N) is 2. The van der Waals surface area contributed by atoms with Gasteiger partial charge in [0.1, 0.15) is 11.6 Å². The topological polar surface area (TPSA) is 79.2 Å². The number of aromatic nitrogens is 2. The van der Waals surface area contributed by atoms with Crippen LogP contribution in [-0.4, -0.2) is 22.1 Å². The van der Waals surface area contributed by atoms with Gasteiger partial charge in [-0.05, 0) is 55.2 Å². The summed E-state index contributed by atoms with van der Waals surface area (Å²) in [4.78, 5) is 15.9. The second-order valence-corrected chi connectivity index (χ2v) is 8.91. The smallest absolute Gasteiger partial charge is 0.550 e. The van der Waals surface area contributed by atoms with Crippen molar-refractivity contribution in [2.45, 2.75) is 46.1 Å². The third-order valence-electron chi connectivity index (χ3n) is 6.71. The standard InChI is InChI=1S/C28H29N3O3.Na/c1-4-26-30-23-9-5-7-17(2)28(23)31(26)24-10-6-8-19(18(24)3)15-29-21-11-12-22-20(13-27(32)33)16-34-25(22)14-21;/h5-12,14,20,29H,4,13,15-16H2,1-3H3,(H,32,33);/q;+1/p-1. The molecule has 1 aliphatic heterocycles. The Morgan fingerprint density at radius 2 is 1.97 bits per heavy atom. The zero-order valence-electron chi connectivity index (χ0n) is 20.7. The number of ether oxygens (including phenoxy) is 1. The van der Waals surface area contributed by atoms with E-state index in [9.17, 15) is 9.90 Å². The summed E-state index contributed by atoms with van der Waals surface area (Å²) in [6.45, 7) is 7.47. The summed E-state index contributed by atoms with van der Waals surface area (Å²) < 4.78 is 8.03. The van der Waals surface area contributed by atoms with Crippen LogP contribution in [0, 0.1) is 13.8 Å². The van der Waals surface area contributed by atoms with Crippen LogP contribution in [0.5, 0.6) is 5.75 Å². The van der Waals surface area contributed by atoms with E-state index in [0.717, 1.165) is 46.0 Å². The zero-order chi connectivity index (χ0) is 23.8. The molecule has 0 saturated heterocycles. The molecular weight excluding hydrogens is 449 g/mol.